The Hall–Kier alpha value is -4.38. The topological polar surface area (TPSA) is 156 Å². The molecule has 1 aliphatic rings. The summed E-state index contributed by atoms with van der Waals surface area (Å²) < 4.78 is 9.33. The maximum Gasteiger partial charge on any atom is 0.273 e. The van der Waals surface area contributed by atoms with Gasteiger partial charge in [-0.1, -0.05) is 37.5 Å². The highest BCUT2D eigenvalue weighted by Crippen LogP contribution is 2.36. The number of anilines is 2. The largest absolute Gasteiger partial charge is 0.497 e. The maximum atomic E-state index is 14.3. The van der Waals surface area contributed by atoms with Gasteiger partial charge in [-0.05, 0) is 54.7 Å². The molecule has 202 valence electrons. The molecule has 2 heterocycles. The van der Waals surface area contributed by atoms with Crippen LogP contribution in [-0.2, 0) is 4.79 Å². The van der Waals surface area contributed by atoms with Crippen LogP contribution in [0.1, 0.15) is 63.9 Å². The number of primary amides is 1. The molecule has 0 saturated heterocycles. The van der Waals surface area contributed by atoms with Crippen LogP contribution in [-0.4, -0.2) is 40.2 Å². The molecule has 11 heteroatoms. The number of H-pyrrole nitrogens is 1. The number of carbonyl (C=O) groups excluding carboxylic acids is 3. The molecule has 6 N–H and O–H groups in total. The third-order valence-electron chi connectivity index (χ3n) is 7.10. The number of nitrogens with two attached hydrogens (primary N) is 2. The lowest BCUT2D eigenvalue weighted by atomic mass is 9.94. The molecule has 39 heavy (non-hydrogen) atoms. The van der Waals surface area contributed by atoms with Crippen LogP contribution in [0.5, 0.6) is 5.75 Å². The van der Waals surface area contributed by atoms with Crippen LogP contribution in [0.4, 0.5) is 11.4 Å². The number of nitrogen functional groups attached to an aromatic ring is 1. The third kappa shape index (κ3) is 5.17. The van der Waals surface area contributed by atoms with Gasteiger partial charge in [0.1, 0.15) is 16.7 Å². The van der Waals surface area contributed by atoms with E-state index in [9.17, 15) is 14.4 Å². The Morgan fingerprint density at radius 2 is 1.82 bits per heavy atom. The van der Waals surface area contributed by atoms with Gasteiger partial charge in [-0.3, -0.25) is 19.3 Å². The van der Waals surface area contributed by atoms with Crippen molar-refractivity contribution in [3.8, 4) is 5.75 Å². The van der Waals surface area contributed by atoms with Crippen LogP contribution < -0.4 is 26.4 Å². The number of amides is 3. The summed E-state index contributed by atoms with van der Waals surface area (Å²) in [5.74, 6) is -1.12. The molecular weight excluding hydrogens is 516 g/mol. The first kappa shape index (κ1) is 26.2. The van der Waals surface area contributed by atoms with Crippen molar-refractivity contribution in [2.45, 2.75) is 44.2 Å². The lowest BCUT2D eigenvalue weighted by Crippen LogP contribution is -2.47. The normalized spacial score (nSPS) is 14.6. The molecule has 5 rings (SSSR count). The van der Waals surface area contributed by atoms with Crippen molar-refractivity contribution in [2.75, 3.05) is 17.7 Å². The lowest BCUT2D eigenvalue weighted by Gasteiger charge is -2.33. The summed E-state index contributed by atoms with van der Waals surface area (Å²) in [5, 5.41) is 4.01. The van der Waals surface area contributed by atoms with Crippen molar-refractivity contribution in [1.82, 2.24) is 14.7 Å². The summed E-state index contributed by atoms with van der Waals surface area (Å²) >= 11 is 0.778. The second-order valence-electron chi connectivity index (χ2n) is 9.55. The standard InChI is InChI=1S/C28H30N6O4S/c1-38-18-13-11-17(12-14-18)34(28(37)25-22(29)23(26(30)35)33-39-25)24(27(36)32-16-7-3-2-4-8-16)20-15-31-21-10-6-5-9-19(20)21/h5-6,9-16,24,31H,2-4,7-8,29H2,1H3,(H2,30,35)(H,32,36)/t24-/m0/s1. The molecule has 3 amide bonds. The monoisotopic (exact) mass is 546 g/mol. The number of hydrogen-bond acceptors (Lipinski definition) is 7. The third-order valence-corrected chi connectivity index (χ3v) is 7.95. The second-order valence-corrected chi connectivity index (χ2v) is 10.3. The molecule has 10 nitrogen and oxygen atoms in total. The van der Waals surface area contributed by atoms with Gasteiger partial charge in [-0.25, -0.2) is 0 Å². The van der Waals surface area contributed by atoms with Crippen LogP contribution in [0.2, 0.25) is 0 Å². The Balaban J connectivity index is 1.67. The molecule has 2 aromatic heterocycles. The molecule has 0 radical (unpaired) electrons. The Kier molecular flexibility index (Phi) is 7.51. The molecule has 1 atom stereocenters. The van der Waals surface area contributed by atoms with Crippen LogP contribution in [0.25, 0.3) is 10.9 Å². The molecule has 0 aliphatic heterocycles. The van der Waals surface area contributed by atoms with Gasteiger partial charge in [0.25, 0.3) is 11.8 Å². The van der Waals surface area contributed by atoms with Crippen molar-refractivity contribution in [2.24, 2.45) is 5.73 Å². The Labute approximate surface area is 229 Å². The summed E-state index contributed by atoms with van der Waals surface area (Å²) in [6.07, 6.45) is 6.74. The Bertz CT molecular complexity index is 1510. The predicted molar refractivity (Wildman–Crippen MR) is 151 cm³/mol. The minimum Gasteiger partial charge on any atom is -0.497 e. The van der Waals surface area contributed by atoms with E-state index in [0.717, 1.165) is 54.5 Å². The highest BCUT2D eigenvalue weighted by molar-refractivity contribution is 7.09. The highest BCUT2D eigenvalue weighted by atomic mass is 32.1. The number of rotatable bonds is 8. The number of benzene rings is 2. The number of hydrogen-bond donors (Lipinski definition) is 4. The maximum absolute atomic E-state index is 14.3. The van der Waals surface area contributed by atoms with Gasteiger partial charge < -0.3 is 26.5 Å². The highest BCUT2D eigenvalue weighted by Gasteiger charge is 2.38. The van der Waals surface area contributed by atoms with Crippen molar-refractivity contribution >= 4 is 51.5 Å². The Morgan fingerprint density at radius 1 is 1.10 bits per heavy atom. The predicted octanol–water partition coefficient (Wildman–Crippen LogP) is 4.15. The second kappa shape index (κ2) is 11.2. The van der Waals surface area contributed by atoms with E-state index < -0.39 is 17.9 Å². The zero-order valence-electron chi connectivity index (χ0n) is 21.5. The molecule has 0 unspecified atom stereocenters. The first-order valence-corrected chi connectivity index (χ1v) is 13.5. The number of methoxy groups -OCH3 is 1. The number of carbonyl (C=O) groups is 3. The SMILES string of the molecule is COc1ccc(N(C(=O)c2snc(C(N)=O)c2N)[C@H](C(=O)NC2CCCCC2)c2c[nH]c3ccccc23)cc1. The van der Waals surface area contributed by atoms with Crippen LogP contribution >= 0.6 is 11.5 Å². The van der Waals surface area contributed by atoms with Gasteiger partial charge in [0.2, 0.25) is 5.91 Å². The molecule has 4 aromatic rings. The van der Waals surface area contributed by atoms with Gasteiger partial charge in [0, 0.05) is 34.4 Å². The number of para-hydroxylation sites is 1. The number of fused-ring (bicyclic) bond motifs is 1. The quantitative estimate of drug-likeness (QED) is 0.260. The summed E-state index contributed by atoms with van der Waals surface area (Å²) in [6, 6.07) is 13.4. The van der Waals surface area contributed by atoms with E-state index in [-0.39, 0.29) is 28.2 Å². The number of aromatic nitrogens is 2. The van der Waals surface area contributed by atoms with Gasteiger partial charge >= 0.3 is 0 Å². The zero-order chi connectivity index (χ0) is 27.5. The molecule has 2 aromatic carbocycles. The zero-order valence-corrected chi connectivity index (χ0v) is 22.3. The van der Waals surface area contributed by atoms with E-state index >= 15 is 0 Å². The summed E-state index contributed by atoms with van der Waals surface area (Å²) in [5.41, 5.74) is 13.2. The van der Waals surface area contributed by atoms with Gasteiger partial charge in [-0.15, -0.1) is 0 Å². The first-order valence-electron chi connectivity index (χ1n) is 12.8. The van der Waals surface area contributed by atoms with Gasteiger partial charge in [0.05, 0.1) is 12.8 Å². The van der Waals surface area contributed by atoms with Crippen molar-refractivity contribution in [1.29, 1.82) is 0 Å². The van der Waals surface area contributed by atoms with Gasteiger partial charge in [0.15, 0.2) is 5.69 Å². The van der Waals surface area contributed by atoms with Crippen molar-refractivity contribution in [3.63, 3.8) is 0 Å². The van der Waals surface area contributed by atoms with E-state index in [0.29, 0.717) is 17.0 Å². The fourth-order valence-corrected chi connectivity index (χ4v) is 5.85. The minimum atomic E-state index is -1.05. The van der Waals surface area contributed by atoms with E-state index in [2.05, 4.69) is 14.7 Å². The minimum absolute atomic E-state index is 0.0155. The van der Waals surface area contributed by atoms with Crippen LogP contribution in [0, 0.1) is 0 Å². The fraction of sp³-hybridized carbons (Fsp3) is 0.286. The van der Waals surface area contributed by atoms with E-state index in [1.165, 1.54) is 4.90 Å². The lowest BCUT2D eigenvalue weighted by molar-refractivity contribution is -0.123. The molecule has 1 fully saturated rings. The average molecular weight is 547 g/mol. The fourth-order valence-electron chi connectivity index (χ4n) is 5.11. The van der Waals surface area contributed by atoms with Crippen molar-refractivity contribution in [3.05, 3.63) is 70.9 Å². The molecule has 1 aliphatic carbocycles. The molecule has 0 spiro atoms. The summed E-state index contributed by atoms with van der Waals surface area (Å²) in [7, 11) is 1.55. The number of aromatic amines is 1. The smallest absolute Gasteiger partial charge is 0.273 e. The van der Waals surface area contributed by atoms with E-state index in [4.69, 9.17) is 16.2 Å². The van der Waals surface area contributed by atoms with Gasteiger partial charge in [-0.2, -0.15) is 4.37 Å². The van der Waals surface area contributed by atoms with Crippen molar-refractivity contribution < 1.29 is 19.1 Å². The van der Waals surface area contributed by atoms with E-state index in [1.807, 2.05) is 24.3 Å². The molecular formula is C28H30N6O4S. The number of nitrogens with one attached hydrogen (secondary N) is 2. The van der Waals surface area contributed by atoms with Crippen LogP contribution in [0.3, 0.4) is 0 Å². The number of ether oxygens (including phenoxy) is 1. The number of nitrogens with zero attached hydrogens (tertiary/aromatic N) is 2. The Morgan fingerprint density at radius 3 is 2.49 bits per heavy atom. The molecule has 0 bridgehead atoms. The molecule has 1 saturated carbocycles. The van der Waals surface area contributed by atoms with E-state index in [1.54, 1.807) is 37.6 Å². The summed E-state index contributed by atoms with van der Waals surface area (Å²) in [4.78, 5) is 44.9. The first-order chi connectivity index (χ1) is 18.9. The van der Waals surface area contributed by atoms with Crippen LogP contribution in [0.15, 0.2) is 54.7 Å². The summed E-state index contributed by atoms with van der Waals surface area (Å²) in [6.45, 7) is 0. The average Bonchev–Trinajstić information content (AvgIpc) is 3.55.